The Morgan fingerprint density at radius 3 is 1.62 bits per heavy atom. The van der Waals surface area contributed by atoms with Crippen LogP contribution < -0.4 is 4.90 Å². The summed E-state index contributed by atoms with van der Waals surface area (Å²) in [5.41, 5.74) is 7.31. The third kappa shape index (κ3) is 6.10. The van der Waals surface area contributed by atoms with Crippen LogP contribution in [0.2, 0.25) is 0 Å². The first-order chi connectivity index (χ1) is 25.7. The number of hydrogen-bond donors (Lipinski definition) is 0. The smallest absolute Gasteiger partial charge is 0.267 e. The molecular weight excluding hydrogens is 661 g/mol. The van der Waals surface area contributed by atoms with Gasteiger partial charge in [0, 0.05) is 21.9 Å². The number of aryl methyl sites for hydroxylation is 5. The maximum Gasteiger partial charge on any atom is 0.267 e. The molecule has 53 heavy (non-hydrogen) atoms. The molecule has 0 N–H and O–H groups in total. The molecule has 0 saturated carbocycles. The highest BCUT2D eigenvalue weighted by atomic mass is 16.2. The maximum atomic E-state index is 14.8. The minimum absolute atomic E-state index is 0.387. The van der Waals surface area contributed by atoms with Crippen molar-refractivity contribution in [3.63, 3.8) is 0 Å². The molecule has 10 nitrogen and oxygen atoms in total. The Morgan fingerprint density at radius 1 is 0.547 bits per heavy atom. The lowest BCUT2D eigenvalue weighted by Crippen LogP contribution is -2.31. The normalized spacial score (nSPS) is 11.3. The average molecular weight is 695 g/mol. The molecule has 0 bridgehead atoms. The Bertz CT molecular complexity index is 2590. The van der Waals surface area contributed by atoms with E-state index in [2.05, 4.69) is 46.6 Å². The van der Waals surface area contributed by atoms with E-state index in [-0.39, 0.29) is 0 Å². The summed E-state index contributed by atoms with van der Waals surface area (Å²) in [5.74, 6) is 3.14. The van der Waals surface area contributed by atoms with Gasteiger partial charge in [-0.15, -0.1) is 0 Å². The molecule has 3 aromatic heterocycles. The molecule has 10 heteroatoms. The van der Waals surface area contributed by atoms with Crippen molar-refractivity contribution in [2.45, 2.75) is 34.6 Å². The van der Waals surface area contributed by atoms with Crippen molar-refractivity contribution in [2.75, 3.05) is 4.90 Å². The molecule has 8 aromatic rings. The van der Waals surface area contributed by atoms with Gasteiger partial charge in [-0.2, -0.15) is 0 Å². The molecule has 0 spiro atoms. The van der Waals surface area contributed by atoms with Crippen LogP contribution in [0.4, 0.5) is 5.69 Å². The molecule has 5 aromatic carbocycles. The van der Waals surface area contributed by atoms with Gasteiger partial charge in [-0.25, -0.2) is 34.8 Å². The molecule has 0 aliphatic heterocycles. The van der Waals surface area contributed by atoms with Gasteiger partial charge in [0.2, 0.25) is 6.41 Å². The molecular formula is C43H34N8O2. The lowest BCUT2D eigenvalue weighted by Gasteiger charge is -2.21. The standard InChI is InChI=1S/C43H34N8O2/c1-25-11-9-16-37(40(25)43(53)50(24-52)34-15-10-14-31(21-34)30-12-7-6-8-13-30)51-38-22-32(41-46-26(2)44-27(3)47-41)17-19-35(38)36-20-18-33(23-39(36)51)42-48-28(4)45-29(5)49-42/h6-24H,1-5H3. The van der Waals surface area contributed by atoms with Crippen molar-refractivity contribution in [1.29, 1.82) is 0 Å². The van der Waals surface area contributed by atoms with Crippen LogP contribution in [0.5, 0.6) is 0 Å². The SMILES string of the molecule is Cc1nc(C)nc(-c2ccc3c4ccc(-c5nc(C)nc(C)n5)cc4n(-c4cccc(C)c4C(=O)N(C=O)c4cccc(-c5ccccc5)c4)c3c2)n1. The summed E-state index contributed by atoms with van der Waals surface area (Å²) in [6.07, 6.45) is 0.585. The van der Waals surface area contributed by atoms with Crippen LogP contribution in [-0.2, 0) is 4.79 Å². The zero-order valence-electron chi connectivity index (χ0n) is 29.9. The summed E-state index contributed by atoms with van der Waals surface area (Å²) in [4.78, 5) is 56.1. The molecule has 3 heterocycles. The minimum atomic E-state index is -0.451. The van der Waals surface area contributed by atoms with Gasteiger partial charge in [0.15, 0.2) is 11.6 Å². The average Bonchev–Trinajstić information content (AvgIpc) is 3.47. The number of anilines is 1. The molecule has 0 atom stereocenters. The second kappa shape index (κ2) is 13.3. The number of carbonyl (C=O) groups excluding carboxylic acids is 2. The first-order valence-electron chi connectivity index (χ1n) is 17.2. The first kappa shape index (κ1) is 33.2. The summed E-state index contributed by atoms with van der Waals surface area (Å²) < 4.78 is 2.07. The number of fused-ring (bicyclic) bond motifs is 3. The predicted octanol–water partition coefficient (Wildman–Crippen LogP) is 8.50. The van der Waals surface area contributed by atoms with Crippen LogP contribution in [-0.4, -0.2) is 46.8 Å². The van der Waals surface area contributed by atoms with Crippen molar-refractivity contribution in [3.05, 3.63) is 144 Å². The van der Waals surface area contributed by atoms with E-state index in [0.29, 0.717) is 63.9 Å². The molecule has 0 unspecified atom stereocenters. The highest BCUT2D eigenvalue weighted by Crippen LogP contribution is 2.38. The van der Waals surface area contributed by atoms with Crippen LogP contribution in [0, 0.1) is 34.6 Å². The van der Waals surface area contributed by atoms with E-state index in [9.17, 15) is 9.59 Å². The highest BCUT2D eigenvalue weighted by Gasteiger charge is 2.26. The highest BCUT2D eigenvalue weighted by molar-refractivity contribution is 6.19. The molecule has 2 amide bonds. The van der Waals surface area contributed by atoms with E-state index in [4.69, 9.17) is 0 Å². The van der Waals surface area contributed by atoms with Crippen LogP contribution in [0.15, 0.2) is 109 Å². The third-order valence-electron chi connectivity index (χ3n) is 9.26. The Kier molecular flexibility index (Phi) is 8.34. The summed E-state index contributed by atoms with van der Waals surface area (Å²) in [6.45, 7) is 9.27. The van der Waals surface area contributed by atoms with Crippen molar-refractivity contribution < 1.29 is 9.59 Å². The Hall–Kier alpha value is -6.94. The lowest BCUT2D eigenvalue weighted by atomic mass is 10.0. The maximum absolute atomic E-state index is 14.8. The molecule has 8 rings (SSSR count). The number of carbonyl (C=O) groups is 2. The van der Waals surface area contributed by atoms with Gasteiger partial charge in [0.1, 0.15) is 23.3 Å². The topological polar surface area (TPSA) is 120 Å². The van der Waals surface area contributed by atoms with Crippen molar-refractivity contribution in [1.82, 2.24) is 34.5 Å². The zero-order chi connectivity index (χ0) is 36.8. The third-order valence-corrected chi connectivity index (χ3v) is 9.26. The van der Waals surface area contributed by atoms with Crippen LogP contribution in [0.25, 0.3) is 61.4 Å². The largest absolute Gasteiger partial charge is 0.308 e. The second-order valence-corrected chi connectivity index (χ2v) is 13.0. The van der Waals surface area contributed by atoms with Crippen LogP contribution in [0.3, 0.4) is 0 Å². The first-order valence-corrected chi connectivity index (χ1v) is 17.2. The molecule has 0 aliphatic rings. The molecule has 0 saturated heterocycles. The van der Waals surface area contributed by atoms with Crippen molar-refractivity contribution >= 4 is 39.8 Å². The van der Waals surface area contributed by atoms with E-state index in [0.717, 1.165) is 44.1 Å². The fraction of sp³-hybridized carbons (Fsp3) is 0.116. The number of imide groups is 1. The van der Waals surface area contributed by atoms with Gasteiger partial charge < -0.3 is 4.57 Å². The summed E-state index contributed by atoms with van der Waals surface area (Å²) in [7, 11) is 0. The predicted molar refractivity (Wildman–Crippen MR) is 207 cm³/mol. The Morgan fingerprint density at radius 2 is 1.08 bits per heavy atom. The molecule has 0 radical (unpaired) electrons. The van der Waals surface area contributed by atoms with Crippen molar-refractivity contribution in [3.8, 4) is 39.6 Å². The quantitative estimate of drug-likeness (QED) is 0.152. The van der Waals surface area contributed by atoms with Gasteiger partial charge >= 0.3 is 0 Å². The number of amides is 2. The molecule has 0 fully saturated rings. The van der Waals surface area contributed by atoms with E-state index >= 15 is 0 Å². The van der Waals surface area contributed by atoms with Crippen LogP contribution in [0.1, 0.15) is 39.2 Å². The fourth-order valence-corrected chi connectivity index (χ4v) is 6.98. The van der Waals surface area contributed by atoms with Crippen LogP contribution >= 0.6 is 0 Å². The Balaban J connectivity index is 1.37. The van der Waals surface area contributed by atoms with Gasteiger partial charge in [-0.3, -0.25) is 9.59 Å². The van der Waals surface area contributed by atoms with Gasteiger partial charge in [0.25, 0.3) is 5.91 Å². The second-order valence-electron chi connectivity index (χ2n) is 13.0. The number of aromatic nitrogens is 7. The van der Waals surface area contributed by atoms with Crippen molar-refractivity contribution in [2.24, 2.45) is 0 Å². The summed E-state index contributed by atoms with van der Waals surface area (Å²) >= 11 is 0. The number of rotatable bonds is 7. The van der Waals surface area contributed by atoms with E-state index < -0.39 is 5.91 Å². The van der Waals surface area contributed by atoms with E-state index in [1.54, 1.807) is 6.07 Å². The van der Waals surface area contributed by atoms with Gasteiger partial charge in [-0.1, -0.05) is 78.9 Å². The summed E-state index contributed by atoms with van der Waals surface area (Å²) in [6, 6.07) is 35.2. The van der Waals surface area contributed by atoms with E-state index in [1.807, 2.05) is 126 Å². The summed E-state index contributed by atoms with van der Waals surface area (Å²) in [5, 5.41) is 1.92. The minimum Gasteiger partial charge on any atom is -0.308 e. The zero-order valence-corrected chi connectivity index (χ0v) is 29.9. The van der Waals surface area contributed by atoms with E-state index in [1.165, 1.54) is 4.90 Å². The Labute approximate surface area is 305 Å². The monoisotopic (exact) mass is 694 g/mol. The number of benzene rings is 5. The molecule has 0 aliphatic carbocycles. The van der Waals surface area contributed by atoms with Gasteiger partial charge in [0.05, 0.1) is 28.0 Å². The van der Waals surface area contributed by atoms with Gasteiger partial charge in [-0.05, 0) is 81.6 Å². The lowest BCUT2D eigenvalue weighted by molar-refractivity contribution is -0.106. The number of nitrogens with zero attached hydrogens (tertiary/aromatic N) is 8. The molecule has 258 valence electrons. The fourth-order valence-electron chi connectivity index (χ4n) is 6.98. The number of hydrogen-bond acceptors (Lipinski definition) is 8.